The number of pyridine rings is 1. The number of carbonyl (C=O) groups is 1. The van der Waals surface area contributed by atoms with Gasteiger partial charge in [0, 0.05) is 32.3 Å². The molecule has 8 heteroatoms. The number of nitrogens with zero attached hydrogens (tertiary/aromatic N) is 1. The average Bonchev–Trinajstić information content (AvgIpc) is 2.45. The van der Waals surface area contributed by atoms with Crippen molar-refractivity contribution in [3.05, 3.63) is 18.3 Å². The third-order valence-electron chi connectivity index (χ3n) is 2.62. The Labute approximate surface area is 125 Å². The zero-order valence-electron chi connectivity index (χ0n) is 12.3. The van der Waals surface area contributed by atoms with Crippen LogP contribution < -0.4 is 15.4 Å². The Hall–Kier alpha value is -1.67. The largest absolute Gasteiger partial charge is 0.370 e. The number of rotatable bonds is 9. The molecular weight excluding hydrogens is 292 g/mol. The first-order valence-corrected chi connectivity index (χ1v) is 8.44. The fraction of sp³-hybridized carbons (Fsp3) is 0.538. The normalized spacial score (nSPS) is 11.1. The number of aromatic nitrogens is 1. The fourth-order valence-corrected chi connectivity index (χ4v) is 2.54. The van der Waals surface area contributed by atoms with Crippen LogP contribution in [0.3, 0.4) is 0 Å². The van der Waals surface area contributed by atoms with Gasteiger partial charge in [-0.2, -0.15) is 0 Å². The molecule has 0 unspecified atom stereocenters. The second-order valence-electron chi connectivity index (χ2n) is 4.41. The second kappa shape index (κ2) is 8.58. The van der Waals surface area contributed by atoms with Crippen molar-refractivity contribution >= 4 is 21.7 Å². The number of hydrogen-bond acceptors (Lipinski definition) is 5. The van der Waals surface area contributed by atoms with E-state index in [0.29, 0.717) is 12.4 Å². The van der Waals surface area contributed by atoms with E-state index in [1.807, 2.05) is 13.8 Å². The van der Waals surface area contributed by atoms with Gasteiger partial charge >= 0.3 is 0 Å². The Bertz CT molecular complexity index is 543. The molecular formula is C13H22N4O3S. The third kappa shape index (κ3) is 6.09. The molecule has 7 nitrogen and oxygen atoms in total. The minimum absolute atomic E-state index is 0.0595. The molecule has 1 aromatic rings. The van der Waals surface area contributed by atoms with Gasteiger partial charge in [-0.1, -0.05) is 6.92 Å². The van der Waals surface area contributed by atoms with Gasteiger partial charge < -0.3 is 10.6 Å². The molecule has 0 bridgehead atoms. The molecule has 0 fully saturated rings. The van der Waals surface area contributed by atoms with Crippen molar-refractivity contribution in [2.45, 2.75) is 31.6 Å². The maximum Gasteiger partial charge on any atom is 0.242 e. The molecule has 3 N–H and O–H groups in total. The van der Waals surface area contributed by atoms with Crippen molar-refractivity contribution in [1.29, 1.82) is 0 Å². The summed E-state index contributed by atoms with van der Waals surface area (Å²) in [6, 6.07) is 3.10. The number of anilines is 1. The molecule has 0 saturated carbocycles. The molecule has 1 rings (SSSR count). The van der Waals surface area contributed by atoms with Crippen molar-refractivity contribution in [2.24, 2.45) is 0 Å². The van der Waals surface area contributed by atoms with Gasteiger partial charge in [-0.05, 0) is 25.5 Å². The van der Waals surface area contributed by atoms with E-state index < -0.39 is 10.0 Å². The molecule has 0 spiro atoms. The lowest BCUT2D eigenvalue weighted by atomic mass is 10.4. The summed E-state index contributed by atoms with van der Waals surface area (Å²) in [5.41, 5.74) is 0. The monoisotopic (exact) mass is 314 g/mol. The molecule has 1 amide bonds. The predicted octanol–water partition coefficient (Wildman–Crippen LogP) is 0.708. The van der Waals surface area contributed by atoms with Crippen molar-refractivity contribution in [2.75, 3.05) is 25.0 Å². The molecule has 1 aromatic heterocycles. The van der Waals surface area contributed by atoms with Crippen LogP contribution in [0.4, 0.5) is 5.82 Å². The first kappa shape index (κ1) is 17.4. The smallest absolute Gasteiger partial charge is 0.242 e. The molecule has 0 radical (unpaired) electrons. The lowest BCUT2D eigenvalue weighted by molar-refractivity contribution is -0.120. The van der Waals surface area contributed by atoms with Crippen LogP contribution in [0.5, 0.6) is 0 Å². The van der Waals surface area contributed by atoms with Gasteiger partial charge in [-0.25, -0.2) is 18.1 Å². The summed E-state index contributed by atoms with van der Waals surface area (Å²) in [6.45, 7) is 5.21. The van der Waals surface area contributed by atoms with Gasteiger partial charge in [0.05, 0.1) is 0 Å². The lowest BCUT2D eigenvalue weighted by Crippen LogP contribution is -2.30. The number of carbonyl (C=O) groups excluding carboxylic acids is 1. The summed E-state index contributed by atoms with van der Waals surface area (Å²) in [6.07, 6.45) is 2.37. The second-order valence-corrected chi connectivity index (χ2v) is 6.17. The lowest BCUT2D eigenvalue weighted by Gasteiger charge is -2.08. The minimum Gasteiger partial charge on any atom is -0.370 e. The van der Waals surface area contributed by atoms with E-state index in [0.717, 1.165) is 13.0 Å². The van der Waals surface area contributed by atoms with Gasteiger partial charge in [0.25, 0.3) is 0 Å². The molecule has 0 aromatic carbocycles. The summed E-state index contributed by atoms with van der Waals surface area (Å²) >= 11 is 0. The average molecular weight is 314 g/mol. The summed E-state index contributed by atoms with van der Waals surface area (Å²) < 4.78 is 26.4. The number of nitrogens with one attached hydrogen (secondary N) is 3. The van der Waals surface area contributed by atoms with Gasteiger partial charge in [-0.3, -0.25) is 4.79 Å². The van der Waals surface area contributed by atoms with Crippen LogP contribution in [0.2, 0.25) is 0 Å². The van der Waals surface area contributed by atoms with Crippen LogP contribution in [0, 0.1) is 0 Å². The van der Waals surface area contributed by atoms with Crippen LogP contribution in [0.15, 0.2) is 23.2 Å². The SMILES string of the molecule is CCCNc1ccc(S(=O)(=O)NCCC(=O)NCC)cn1. The third-order valence-corrected chi connectivity index (χ3v) is 4.07. The van der Waals surface area contributed by atoms with Gasteiger partial charge in [0.2, 0.25) is 15.9 Å². The van der Waals surface area contributed by atoms with E-state index in [-0.39, 0.29) is 23.8 Å². The summed E-state index contributed by atoms with van der Waals surface area (Å²) in [5.74, 6) is 0.454. The highest BCUT2D eigenvalue weighted by Gasteiger charge is 2.14. The standard InChI is InChI=1S/C13H22N4O3S/c1-3-8-15-12-6-5-11(10-16-12)21(19,20)17-9-7-13(18)14-4-2/h5-6,10,17H,3-4,7-9H2,1-2H3,(H,14,18)(H,15,16). The van der Waals surface area contributed by atoms with Crippen molar-refractivity contribution in [3.63, 3.8) is 0 Å². The van der Waals surface area contributed by atoms with E-state index in [2.05, 4.69) is 20.3 Å². The first-order valence-electron chi connectivity index (χ1n) is 6.96. The summed E-state index contributed by atoms with van der Waals surface area (Å²) in [5, 5.41) is 5.67. The van der Waals surface area contributed by atoms with E-state index in [1.165, 1.54) is 12.3 Å². The van der Waals surface area contributed by atoms with E-state index in [9.17, 15) is 13.2 Å². The number of amides is 1. The number of sulfonamides is 1. The maximum atomic E-state index is 12.0. The molecule has 0 aliphatic heterocycles. The Kier molecular flexibility index (Phi) is 7.10. The summed E-state index contributed by atoms with van der Waals surface area (Å²) in [7, 11) is -3.63. The van der Waals surface area contributed by atoms with E-state index in [1.54, 1.807) is 6.07 Å². The first-order chi connectivity index (χ1) is 9.99. The highest BCUT2D eigenvalue weighted by molar-refractivity contribution is 7.89. The molecule has 21 heavy (non-hydrogen) atoms. The zero-order valence-corrected chi connectivity index (χ0v) is 13.2. The van der Waals surface area contributed by atoms with Crippen molar-refractivity contribution in [1.82, 2.24) is 15.0 Å². The van der Waals surface area contributed by atoms with E-state index >= 15 is 0 Å². The fourth-order valence-electron chi connectivity index (χ4n) is 1.56. The van der Waals surface area contributed by atoms with Crippen LogP contribution >= 0.6 is 0 Å². The molecule has 0 saturated heterocycles. The topological polar surface area (TPSA) is 100 Å². The van der Waals surface area contributed by atoms with Crippen molar-refractivity contribution in [3.8, 4) is 0 Å². The van der Waals surface area contributed by atoms with Crippen molar-refractivity contribution < 1.29 is 13.2 Å². The number of hydrogen-bond donors (Lipinski definition) is 3. The Morgan fingerprint density at radius 3 is 2.57 bits per heavy atom. The molecule has 0 aliphatic carbocycles. The van der Waals surface area contributed by atoms with E-state index in [4.69, 9.17) is 0 Å². The molecule has 0 aliphatic rings. The predicted molar refractivity (Wildman–Crippen MR) is 81.5 cm³/mol. The van der Waals surface area contributed by atoms with Crippen LogP contribution in [-0.2, 0) is 14.8 Å². The minimum atomic E-state index is -3.63. The van der Waals surface area contributed by atoms with Crippen LogP contribution in [-0.4, -0.2) is 38.9 Å². The maximum absolute atomic E-state index is 12.0. The van der Waals surface area contributed by atoms with Gasteiger partial charge in [0.15, 0.2) is 0 Å². The highest BCUT2D eigenvalue weighted by atomic mass is 32.2. The Balaban J connectivity index is 2.55. The zero-order chi connectivity index (χ0) is 15.7. The van der Waals surface area contributed by atoms with Crippen LogP contribution in [0.25, 0.3) is 0 Å². The quantitative estimate of drug-likeness (QED) is 0.623. The molecule has 1 heterocycles. The van der Waals surface area contributed by atoms with Gasteiger partial charge in [-0.15, -0.1) is 0 Å². The Morgan fingerprint density at radius 2 is 2.00 bits per heavy atom. The van der Waals surface area contributed by atoms with Gasteiger partial charge in [0.1, 0.15) is 10.7 Å². The Morgan fingerprint density at radius 1 is 1.24 bits per heavy atom. The summed E-state index contributed by atoms with van der Waals surface area (Å²) in [4.78, 5) is 15.4. The highest BCUT2D eigenvalue weighted by Crippen LogP contribution is 2.10. The molecule has 118 valence electrons. The molecule has 0 atom stereocenters. The van der Waals surface area contributed by atoms with Crippen LogP contribution in [0.1, 0.15) is 26.7 Å².